The van der Waals surface area contributed by atoms with Gasteiger partial charge in [0, 0.05) is 0 Å². The second kappa shape index (κ2) is 6.65. The number of methoxy groups -OCH3 is 1. The minimum Gasteiger partial charge on any atom is -0.465 e. The van der Waals surface area contributed by atoms with E-state index in [1.165, 1.54) is 25.3 Å². The van der Waals surface area contributed by atoms with Gasteiger partial charge in [-0.2, -0.15) is 0 Å². The Hall–Kier alpha value is -2.69. The molecule has 4 nitrogen and oxygen atoms in total. The van der Waals surface area contributed by atoms with E-state index in [4.69, 9.17) is 4.74 Å². The maximum absolute atomic E-state index is 13.4. The summed E-state index contributed by atoms with van der Waals surface area (Å²) < 4.78 is 23.0. The van der Waals surface area contributed by atoms with Gasteiger partial charge in [0.1, 0.15) is 12.4 Å². The van der Waals surface area contributed by atoms with Crippen LogP contribution in [-0.4, -0.2) is 19.0 Å². The van der Waals surface area contributed by atoms with Crippen LogP contribution in [0.1, 0.15) is 26.3 Å². The zero-order valence-electron chi connectivity index (χ0n) is 11.3. The van der Waals surface area contributed by atoms with Crippen LogP contribution in [0.15, 0.2) is 48.5 Å². The Morgan fingerprint density at radius 3 is 2.29 bits per heavy atom. The molecule has 2 aromatic carbocycles. The molecule has 0 saturated carbocycles. The maximum atomic E-state index is 13.4. The van der Waals surface area contributed by atoms with Crippen LogP contribution in [0.3, 0.4) is 0 Å². The zero-order chi connectivity index (χ0) is 15.2. The van der Waals surface area contributed by atoms with Crippen molar-refractivity contribution in [3.8, 4) is 0 Å². The summed E-state index contributed by atoms with van der Waals surface area (Å²) in [6.45, 7) is -0.00534. The Bertz CT molecular complexity index is 650. The van der Waals surface area contributed by atoms with Gasteiger partial charge in [0.25, 0.3) is 0 Å². The molecule has 0 N–H and O–H groups in total. The van der Waals surface area contributed by atoms with Crippen molar-refractivity contribution in [3.63, 3.8) is 0 Å². The molecule has 0 aliphatic heterocycles. The zero-order valence-corrected chi connectivity index (χ0v) is 11.3. The van der Waals surface area contributed by atoms with E-state index in [2.05, 4.69) is 4.74 Å². The minimum atomic E-state index is -0.731. The summed E-state index contributed by atoms with van der Waals surface area (Å²) in [6, 6.07) is 12.0. The lowest BCUT2D eigenvalue weighted by Gasteiger charge is -2.06. The lowest BCUT2D eigenvalue weighted by molar-refractivity contribution is 0.0466. The van der Waals surface area contributed by atoms with Gasteiger partial charge in [-0.1, -0.05) is 24.3 Å². The minimum absolute atomic E-state index is 0.00534. The Labute approximate surface area is 121 Å². The number of hydrogen-bond acceptors (Lipinski definition) is 4. The average molecular weight is 288 g/mol. The summed E-state index contributed by atoms with van der Waals surface area (Å²) >= 11 is 0. The Morgan fingerprint density at radius 1 is 1.00 bits per heavy atom. The first-order chi connectivity index (χ1) is 10.1. The Kier molecular flexibility index (Phi) is 4.66. The van der Waals surface area contributed by atoms with Crippen LogP contribution in [0.25, 0.3) is 0 Å². The quantitative estimate of drug-likeness (QED) is 0.812. The van der Waals surface area contributed by atoms with E-state index in [0.717, 1.165) is 0 Å². The highest BCUT2D eigenvalue weighted by Crippen LogP contribution is 2.11. The molecular formula is C16H13FO4. The molecule has 0 aromatic heterocycles. The molecule has 0 atom stereocenters. The van der Waals surface area contributed by atoms with Gasteiger partial charge in [-0.15, -0.1) is 0 Å². The molecule has 2 rings (SSSR count). The number of benzene rings is 2. The first-order valence-corrected chi connectivity index (χ1v) is 6.20. The number of ether oxygens (including phenoxy) is 2. The van der Waals surface area contributed by atoms with Crippen molar-refractivity contribution in [2.75, 3.05) is 7.11 Å². The van der Waals surface area contributed by atoms with Gasteiger partial charge in [-0.05, 0) is 29.8 Å². The van der Waals surface area contributed by atoms with Gasteiger partial charge in [-0.25, -0.2) is 14.0 Å². The summed E-state index contributed by atoms with van der Waals surface area (Å²) in [5, 5.41) is 0. The standard InChI is InChI=1S/C16H13FO4/c1-20-15(18)12-8-6-11(7-9-12)10-21-16(19)13-4-2-3-5-14(13)17/h2-9H,10H2,1H3. The van der Waals surface area contributed by atoms with Crippen LogP contribution < -0.4 is 0 Å². The van der Waals surface area contributed by atoms with Gasteiger partial charge >= 0.3 is 11.9 Å². The fourth-order valence-corrected chi connectivity index (χ4v) is 1.71. The SMILES string of the molecule is COC(=O)c1ccc(COC(=O)c2ccccc2F)cc1. The van der Waals surface area contributed by atoms with Crippen LogP contribution in [0.5, 0.6) is 0 Å². The van der Waals surface area contributed by atoms with Crippen molar-refractivity contribution in [3.05, 3.63) is 71.0 Å². The topological polar surface area (TPSA) is 52.6 Å². The summed E-state index contributed by atoms with van der Waals surface area (Å²) in [5.74, 6) is -1.79. The average Bonchev–Trinajstić information content (AvgIpc) is 2.52. The van der Waals surface area contributed by atoms with Crippen LogP contribution >= 0.6 is 0 Å². The van der Waals surface area contributed by atoms with Gasteiger partial charge in [-0.3, -0.25) is 0 Å². The van der Waals surface area contributed by atoms with Crippen LogP contribution in [-0.2, 0) is 16.1 Å². The van der Waals surface area contributed by atoms with Crippen molar-refractivity contribution in [2.24, 2.45) is 0 Å². The fourth-order valence-electron chi connectivity index (χ4n) is 1.71. The predicted octanol–water partition coefficient (Wildman–Crippen LogP) is 2.97. The Balaban J connectivity index is 1.99. The second-order valence-electron chi connectivity index (χ2n) is 4.24. The molecule has 5 heteroatoms. The lowest BCUT2D eigenvalue weighted by Crippen LogP contribution is -2.07. The third kappa shape index (κ3) is 3.66. The highest BCUT2D eigenvalue weighted by molar-refractivity contribution is 5.90. The van der Waals surface area contributed by atoms with E-state index in [1.54, 1.807) is 30.3 Å². The molecular weight excluding hydrogens is 275 g/mol. The first-order valence-electron chi connectivity index (χ1n) is 6.20. The largest absolute Gasteiger partial charge is 0.465 e. The van der Waals surface area contributed by atoms with E-state index in [9.17, 15) is 14.0 Å². The number of halogens is 1. The van der Waals surface area contributed by atoms with Crippen LogP contribution in [0.4, 0.5) is 4.39 Å². The molecule has 108 valence electrons. The van der Waals surface area contributed by atoms with E-state index < -0.39 is 17.8 Å². The molecule has 0 unspecified atom stereocenters. The summed E-state index contributed by atoms with van der Waals surface area (Å²) in [5.41, 5.74) is 0.984. The molecule has 0 spiro atoms. The van der Waals surface area contributed by atoms with E-state index in [1.807, 2.05) is 0 Å². The summed E-state index contributed by atoms with van der Waals surface area (Å²) in [6.07, 6.45) is 0. The highest BCUT2D eigenvalue weighted by Gasteiger charge is 2.12. The van der Waals surface area contributed by atoms with Crippen LogP contribution in [0.2, 0.25) is 0 Å². The van der Waals surface area contributed by atoms with Gasteiger partial charge in [0.2, 0.25) is 0 Å². The summed E-state index contributed by atoms with van der Waals surface area (Å²) in [7, 11) is 1.30. The second-order valence-corrected chi connectivity index (χ2v) is 4.24. The molecule has 0 fully saturated rings. The number of esters is 2. The van der Waals surface area contributed by atoms with Crippen molar-refractivity contribution >= 4 is 11.9 Å². The van der Waals surface area contributed by atoms with E-state index >= 15 is 0 Å². The fraction of sp³-hybridized carbons (Fsp3) is 0.125. The van der Waals surface area contributed by atoms with Crippen molar-refractivity contribution in [1.29, 1.82) is 0 Å². The molecule has 0 aliphatic rings. The number of carbonyl (C=O) groups excluding carboxylic acids is 2. The van der Waals surface area contributed by atoms with Crippen molar-refractivity contribution in [2.45, 2.75) is 6.61 Å². The summed E-state index contributed by atoms with van der Waals surface area (Å²) in [4.78, 5) is 23.0. The van der Waals surface area contributed by atoms with Gasteiger partial charge < -0.3 is 9.47 Å². The van der Waals surface area contributed by atoms with Crippen molar-refractivity contribution in [1.82, 2.24) is 0 Å². The highest BCUT2D eigenvalue weighted by atomic mass is 19.1. The first kappa shape index (κ1) is 14.7. The molecule has 0 saturated heterocycles. The smallest absolute Gasteiger partial charge is 0.341 e. The molecule has 0 aliphatic carbocycles. The van der Waals surface area contributed by atoms with E-state index in [-0.39, 0.29) is 12.2 Å². The number of carbonyl (C=O) groups is 2. The molecule has 0 amide bonds. The van der Waals surface area contributed by atoms with E-state index in [0.29, 0.717) is 11.1 Å². The molecule has 0 heterocycles. The normalized spacial score (nSPS) is 10.0. The molecule has 21 heavy (non-hydrogen) atoms. The Morgan fingerprint density at radius 2 is 1.67 bits per heavy atom. The monoisotopic (exact) mass is 288 g/mol. The number of hydrogen-bond donors (Lipinski definition) is 0. The van der Waals surface area contributed by atoms with Gasteiger partial charge in [0.05, 0.1) is 18.2 Å². The molecule has 2 aromatic rings. The predicted molar refractivity (Wildman–Crippen MR) is 73.3 cm³/mol. The molecule has 0 bridgehead atoms. The number of rotatable bonds is 4. The third-order valence-electron chi connectivity index (χ3n) is 2.84. The molecule has 0 radical (unpaired) electrons. The van der Waals surface area contributed by atoms with Crippen molar-refractivity contribution < 1.29 is 23.5 Å². The maximum Gasteiger partial charge on any atom is 0.341 e. The third-order valence-corrected chi connectivity index (χ3v) is 2.84. The van der Waals surface area contributed by atoms with Gasteiger partial charge in [0.15, 0.2) is 0 Å². The lowest BCUT2D eigenvalue weighted by atomic mass is 10.1. The van der Waals surface area contributed by atoms with Crippen LogP contribution in [0, 0.1) is 5.82 Å².